The summed E-state index contributed by atoms with van der Waals surface area (Å²) in [6.07, 6.45) is 3.46. The molecule has 1 N–H and O–H groups in total. The predicted octanol–water partition coefficient (Wildman–Crippen LogP) is 2.79. The molecule has 4 aromatic rings. The number of nitrogens with one attached hydrogen (secondary N) is 1. The third kappa shape index (κ3) is 4.10. The second-order valence-corrected chi connectivity index (χ2v) is 8.70. The molecule has 3 heterocycles. The van der Waals surface area contributed by atoms with E-state index in [4.69, 9.17) is 4.98 Å². The van der Waals surface area contributed by atoms with Crippen LogP contribution in [0.4, 0.5) is 0 Å². The topological polar surface area (TPSA) is 50.5 Å². The predicted molar refractivity (Wildman–Crippen MR) is 121 cm³/mol. The summed E-state index contributed by atoms with van der Waals surface area (Å²) in [5.41, 5.74) is 2.83. The zero-order valence-corrected chi connectivity index (χ0v) is 17.4. The van der Waals surface area contributed by atoms with Crippen LogP contribution in [0.3, 0.4) is 0 Å². The van der Waals surface area contributed by atoms with Crippen LogP contribution in [0.25, 0.3) is 27.2 Å². The van der Waals surface area contributed by atoms with E-state index >= 15 is 0 Å². The normalized spacial score (nSPS) is 15.4. The molecule has 0 saturated carbocycles. The Bertz CT molecular complexity index is 1190. The van der Waals surface area contributed by atoms with E-state index in [-0.39, 0.29) is 5.91 Å². The molecule has 1 amide bonds. The Kier molecular flexibility index (Phi) is 5.26. The van der Waals surface area contributed by atoms with E-state index in [2.05, 4.69) is 23.2 Å². The molecule has 1 aliphatic heterocycles. The molecule has 6 heteroatoms. The molecule has 30 heavy (non-hydrogen) atoms. The number of pyridine rings is 1. The second kappa shape index (κ2) is 8.34. The molecule has 150 valence electrons. The van der Waals surface area contributed by atoms with Gasteiger partial charge in [0.25, 0.3) is 0 Å². The van der Waals surface area contributed by atoms with Crippen LogP contribution in [-0.2, 0) is 11.3 Å². The summed E-state index contributed by atoms with van der Waals surface area (Å²) in [6.45, 7) is 4.37. The summed E-state index contributed by atoms with van der Waals surface area (Å²) in [4.78, 5) is 25.4. The van der Waals surface area contributed by atoms with E-state index in [9.17, 15) is 4.79 Å². The van der Waals surface area contributed by atoms with Gasteiger partial charge in [-0.05, 0) is 30.3 Å². The third-order valence-electron chi connectivity index (χ3n) is 5.54. The highest BCUT2D eigenvalue weighted by atomic mass is 32.1. The number of quaternary nitrogens is 1. The van der Waals surface area contributed by atoms with Gasteiger partial charge in [0.1, 0.15) is 11.6 Å². The minimum atomic E-state index is 0.0593. The molecule has 0 radical (unpaired) electrons. The van der Waals surface area contributed by atoms with E-state index in [1.54, 1.807) is 17.4 Å². The fraction of sp³-hybridized carbons (Fsp3) is 0.208. The number of carbonyl (C=O) groups excluding carboxylic acids is 1. The Morgan fingerprint density at radius 1 is 0.967 bits per heavy atom. The van der Waals surface area contributed by atoms with Gasteiger partial charge in [-0.15, -0.1) is 11.3 Å². The maximum absolute atomic E-state index is 12.6. The van der Waals surface area contributed by atoms with Gasteiger partial charge in [0.05, 0.1) is 47.6 Å². The van der Waals surface area contributed by atoms with Crippen LogP contribution in [0.2, 0.25) is 0 Å². The molecular weight excluding hydrogens is 392 g/mol. The van der Waals surface area contributed by atoms with Gasteiger partial charge in [-0.2, -0.15) is 0 Å². The molecule has 0 unspecified atom stereocenters. The molecule has 0 bridgehead atoms. The molecule has 1 saturated heterocycles. The van der Waals surface area contributed by atoms with E-state index in [0.29, 0.717) is 0 Å². The fourth-order valence-electron chi connectivity index (χ4n) is 3.87. The van der Waals surface area contributed by atoms with E-state index in [0.717, 1.165) is 54.8 Å². The zero-order valence-electron chi connectivity index (χ0n) is 16.6. The first kappa shape index (κ1) is 18.9. The Hall–Kier alpha value is -3.09. The summed E-state index contributed by atoms with van der Waals surface area (Å²) in [5.74, 6) is 0.0593. The van der Waals surface area contributed by atoms with Crippen LogP contribution < -0.4 is 4.90 Å². The van der Waals surface area contributed by atoms with Crippen LogP contribution in [0.15, 0.2) is 66.7 Å². The first-order chi connectivity index (χ1) is 14.7. The highest BCUT2D eigenvalue weighted by molar-refractivity contribution is 7.18. The molecule has 2 aromatic heterocycles. The van der Waals surface area contributed by atoms with Gasteiger partial charge in [0.15, 0.2) is 0 Å². The van der Waals surface area contributed by atoms with Gasteiger partial charge >= 0.3 is 0 Å². The van der Waals surface area contributed by atoms with Crippen molar-refractivity contribution < 1.29 is 9.69 Å². The largest absolute Gasteiger partial charge is 0.328 e. The van der Waals surface area contributed by atoms with Gasteiger partial charge < -0.3 is 9.80 Å². The SMILES string of the molecule is O=C(/C=C/c1ccc2ccccc2n1)N1CC[NH+](Cc2nc3ccccc3s2)CC1. The van der Waals surface area contributed by atoms with Crippen LogP contribution in [0.1, 0.15) is 10.7 Å². The second-order valence-electron chi connectivity index (χ2n) is 7.59. The number of piperazine rings is 1. The van der Waals surface area contributed by atoms with E-state index in [1.807, 2.05) is 53.4 Å². The lowest BCUT2D eigenvalue weighted by atomic mass is 10.2. The number of fused-ring (bicyclic) bond motifs is 2. The molecule has 0 atom stereocenters. The van der Waals surface area contributed by atoms with Crippen LogP contribution in [0, 0.1) is 0 Å². The van der Waals surface area contributed by atoms with Crippen molar-refractivity contribution >= 4 is 44.4 Å². The summed E-state index contributed by atoms with van der Waals surface area (Å²) in [6, 6.07) is 20.3. The number of carbonyl (C=O) groups is 1. The number of hydrogen-bond acceptors (Lipinski definition) is 4. The monoisotopic (exact) mass is 415 g/mol. The first-order valence-electron chi connectivity index (χ1n) is 10.3. The van der Waals surface area contributed by atoms with E-state index in [1.165, 1.54) is 14.6 Å². The summed E-state index contributed by atoms with van der Waals surface area (Å²) in [7, 11) is 0. The lowest BCUT2D eigenvalue weighted by molar-refractivity contribution is -0.917. The maximum Gasteiger partial charge on any atom is 0.247 e. The van der Waals surface area contributed by atoms with Crippen molar-refractivity contribution in [3.63, 3.8) is 0 Å². The molecule has 5 nitrogen and oxygen atoms in total. The molecule has 1 aliphatic rings. The summed E-state index contributed by atoms with van der Waals surface area (Å²) >= 11 is 1.77. The molecule has 5 rings (SSSR count). The lowest BCUT2D eigenvalue weighted by Crippen LogP contribution is -3.13. The Morgan fingerprint density at radius 2 is 1.73 bits per heavy atom. The van der Waals surface area contributed by atoms with Crippen LogP contribution in [0.5, 0.6) is 0 Å². The van der Waals surface area contributed by atoms with Gasteiger partial charge in [0, 0.05) is 11.5 Å². The molecule has 0 spiro atoms. The average molecular weight is 416 g/mol. The lowest BCUT2D eigenvalue weighted by Gasteiger charge is -2.31. The van der Waals surface area contributed by atoms with Crippen molar-refractivity contribution in [3.05, 3.63) is 77.4 Å². The Morgan fingerprint density at radius 3 is 2.57 bits per heavy atom. The van der Waals surface area contributed by atoms with Crippen molar-refractivity contribution in [1.29, 1.82) is 0 Å². The first-order valence-corrected chi connectivity index (χ1v) is 11.1. The van der Waals surface area contributed by atoms with Crippen molar-refractivity contribution in [2.24, 2.45) is 0 Å². The number of nitrogens with zero attached hydrogens (tertiary/aromatic N) is 3. The molecule has 0 aliphatic carbocycles. The summed E-state index contributed by atoms with van der Waals surface area (Å²) < 4.78 is 1.24. The Balaban J connectivity index is 1.17. The number of para-hydroxylation sites is 2. The quantitative estimate of drug-likeness (QED) is 0.522. The molecule has 1 fully saturated rings. The van der Waals surface area contributed by atoms with Crippen molar-refractivity contribution in [2.45, 2.75) is 6.54 Å². The zero-order chi connectivity index (χ0) is 20.3. The van der Waals surface area contributed by atoms with Gasteiger partial charge in [-0.1, -0.05) is 36.4 Å². The maximum atomic E-state index is 12.6. The number of benzene rings is 2. The number of thiazole rings is 1. The number of hydrogen-bond donors (Lipinski definition) is 1. The number of aromatic nitrogens is 2. The van der Waals surface area contributed by atoms with Gasteiger partial charge in [0.2, 0.25) is 5.91 Å². The van der Waals surface area contributed by atoms with Gasteiger partial charge in [-0.3, -0.25) is 4.79 Å². The minimum absolute atomic E-state index is 0.0593. The van der Waals surface area contributed by atoms with Crippen molar-refractivity contribution in [2.75, 3.05) is 26.2 Å². The van der Waals surface area contributed by atoms with E-state index < -0.39 is 0 Å². The van der Waals surface area contributed by atoms with Gasteiger partial charge in [-0.25, -0.2) is 9.97 Å². The molecular formula is C24H23N4OS+. The smallest absolute Gasteiger partial charge is 0.247 e. The number of amides is 1. The molecule has 2 aromatic carbocycles. The van der Waals surface area contributed by atoms with Crippen molar-refractivity contribution in [3.8, 4) is 0 Å². The summed E-state index contributed by atoms with van der Waals surface area (Å²) in [5, 5.41) is 2.28. The van der Waals surface area contributed by atoms with Crippen LogP contribution >= 0.6 is 11.3 Å². The van der Waals surface area contributed by atoms with Crippen molar-refractivity contribution in [1.82, 2.24) is 14.9 Å². The highest BCUT2D eigenvalue weighted by Crippen LogP contribution is 2.20. The third-order valence-corrected chi connectivity index (χ3v) is 6.57. The van der Waals surface area contributed by atoms with Crippen LogP contribution in [-0.4, -0.2) is 47.0 Å². The Labute approximate surface area is 179 Å². The minimum Gasteiger partial charge on any atom is -0.328 e. The highest BCUT2D eigenvalue weighted by Gasteiger charge is 2.23. The fourth-order valence-corrected chi connectivity index (χ4v) is 4.91. The standard InChI is InChI=1S/C24H22N4OS/c29-24(12-11-19-10-9-18-5-1-2-6-20(18)25-19)28-15-13-27(14-16-28)17-23-26-21-7-3-4-8-22(21)30-23/h1-12H,13-17H2/p+1/b12-11+. The number of rotatable bonds is 4. The average Bonchev–Trinajstić information content (AvgIpc) is 3.20.